The Balaban J connectivity index is 0.000000308. The lowest BCUT2D eigenvalue weighted by Crippen LogP contribution is -2.48. The van der Waals surface area contributed by atoms with Crippen LogP contribution in [0, 0.1) is 0 Å². The summed E-state index contributed by atoms with van der Waals surface area (Å²) in [5, 5.41) is 6.14. The number of fused-ring (bicyclic) bond motifs is 2. The zero-order valence-corrected chi connectivity index (χ0v) is 22.5. The first kappa shape index (κ1) is 26.3. The van der Waals surface area contributed by atoms with E-state index in [1.165, 1.54) is 53.1 Å². The molecule has 5 rings (SSSR count). The van der Waals surface area contributed by atoms with Crippen molar-refractivity contribution in [2.24, 2.45) is 0 Å². The molecule has 35 heavy (non-hydrogen) atoms. The van der Waals surface area contributed by atoms with Gasteiger partial charge < -0.3 is 20.4 Å². The molecule has 1 aromatic rings. The number of anilines is 1. The number of likely N-dealkylation sites (tertiary alicyclic amines) is 2. The predicted octanol–water partition coefficient (Wildman–Crippen LogP) is 1.58. The van der Waals surface area contributed by atoms with Gasteiger partial charge in [-0.15, -0.1) is 0 Å². The molecule has 2 atom stereocenters. The van der Waals surface area contributed by atoms with Crippen molar-refractivity contribution in [3.05, 3.63) is 28.3 Å². The number of likely N-dealkylation sites (N-methyl/N-ethyl adjacent to an activating group) is 4. The van der Waals surface area contributed by atoms with Crippen molar-refractivity contribution < 1.29 is 13.2 Å². The fourth-order valence-corrected chi connectivity index (χ4v) is 6.86. The monoisotopic (exact) mass is 506 g/mol. The number of urea groups is 1. The highest BCUT2D eigenvalue weighted by Gasteiger charge is 2.32. The molecule has 3 N–H and O–H groups in total. The number of hydrogen-bond donors (Lipinski definition) is 3. The lowest BCUT2D eigenvalue weighted by molar-refractivity contribution is 0.255. The molecule has 2 heterocycles. The maximum Gasteiger partial charge on any atom is 0.333 e. The minimum atomic E-state index is -3.87. The van der Waals surface area contributed by atoms with E-state index in [0.29, 0.717) is 6.54 Å². The molecular weight excluding hydrogens is 464 g/mol. The summed E-state index contributed by atoms with van der Waals surface area (Å²) in [4.78, 5) is 17.0. The van der Waals surface area contributed by atoms with Gasteiger partial charge in [0, 0.05) is 37.9 Å². The van der Waals surface area contributed by atoms with Crippen molar-refractivity contribution in [1.82, 2.24) is 24.1 Å². The molecule has 196 valence electrons. The maximum atomic E-state index is 12.6. The highest BCUT2D eigenvalue weighted by atomic mass is 32.2. The number of carbonyl (C=O) groups is 1. The summed E-state index contributed by atoms with van der Waals surface area (Å²) in [7, 11) is 3.83. The molecule has 2 saturated heterocycles. The van der Waals surface area contributed by atoms with Crippen LogP contribution in [0.15, 0.2) is 6.07 Å². The summed E-state index contributed by atoms with van der Waals surface area (Å²) in [5.41, 5.74) is 5.84. The van der Waals surface area contributed by atoms with E-state index in [2.05, 4.69) is 38.3 Å². The van der Waals surface area contributed by atoms with Gasteiger partial charge in [0.2, 0.25) is 0 Å². The molecule has 2 aliphatic heterocycles. The molecule has 0 unspecified atom stereocenters. The minimum absolute atomic E-state index is 0.106. The molecule has 0 radical (unpaired) electrons. The molecule has 9 nitrogen and oxygen atoms in total. The van der Waals surface area contributed by atoms with Crippen LogP contribution < -0.4 is 15.4 Å². The standard InChI is InChI=1S/C19H28N4O3S.C6H14N2/c1-22-10-9-15(12-22)23(2)27(25,26)21-19(24)20-18-16-7-3-5-13(16)11-14-6-4-8-17(14)18;1-7-6-3-4-8(2)5-6/h11,15H,3-10,12H2,1-2H3,(H2,20,21,24);6-7H,3-5H2,1-2H3/t15-;6-/m00/s1. The maximum absolute atomic E-state index is 12.6. The van der Waals surface area contributed by atoms with Crippen LogP contribution in [0.4, 0.5) is 10.5 Å². The molecule has 2 aliphatic carbocycles. The Hall–Kier alpha value is -1.72. The van der Waals surface area contributed by atoms with E-state index in [1.807, 2.05) is 14.1 Å². The molecule has 10 heteroatoms. The van der Waals surface area contributed by atoms with Crippen molar-refractivity contribution >= 4 is 21.9 Å². The minimum Gasteiger partial charge on any atom is -0.316 e. The third kappa shape index (κ3) is 6.17. The molecule has 0 spiro atoms. The van der Waals surface area contributed by atoms with Crippen molar-refractivity contribution in [3.63, 3.8) is 0 Å². The van der Waals surface area contributed by atoms with Gasteiger partial charge in [-0.1, -0.05) is 6.07 Å². The van der Waals surface area contributed by atoms with E-state index < -0.39 is 16.2 Å². The quantitative estimate of drug-likeness (QED) is 0.561. The van der Waals surface area contributed by atoms with Gasteiger partial charge >= 0.3 is 16.2 Å². The lowest BCUT2D eigenvalue weighted by Gasteiger charge is -2.24. The first-order valence-corrected chi connectivity index (χ1v) is 14.4. The highest BCUT2D eigenvalue weighted by Crippen LogP contribution is 2.38. The van der Waals surface area contributed by atoms with E-state index in [4.69, 9.17) is 0 Å². The third-order valence-electron chi connectivity index (χ3n) is 7.99. The second-order valence-electron chi connectivity index (χ2n) is 10.6. The summed E-state index contributed by atoms with van der Waals surface area (Å²) in [6, 6.07) is 2.27. The van der Waals surface area contributed by atoms with E-state index in [-0.39, 0.29) is 6.04 Å². The second-order valence-corrected chi connectivity index (χ2v) is 12.3. The Labute approximate surface area is 210 Å². The Morgan fingerprint density at radius 2 is 1.57 bits per heavy atom. The lowest BCUT2D eigenvalue weighted by atomic mass is 9.99. The number of aryl methyl sites for hydroxylation is 2. The van der Waals surface area contributed by atoms with Gasteiger partial charge in [0.15, 0.2) is 0 Å². The van der Waals surface area contributed by atoms with Gasteiger partial charge in [0.1, 0.15) is 0 Å². The largest absolute Gasteiger partial charge is 0.333 e. The number of nitrogens with zero attached hydrogens (tertiary/aromatic N) is 3. The van der Waals surface area contributed by atoms with E-state index in [9.17, 15) is 13.2 Å². The SMILES string of the molecule is CN1CC[C@H](N(C)S(=O)(=O)NC(=O)Nc2c3c(cc4c2CCC4)CCC3)C1.CN[C@H]1CCN(C)C1. The van der Waals surface area contributed by atoms with E-state index in [1.54, 1.807) is 0 Å². The second kappa shape index (κ2) is 11.1. The number of amides is 2. The first-order chi connectivity index (χ1) is 16.7. The molecule has 2 fully saturated rings. The van der Waals surface area contributed by atoms with Crippen LogP contribution in [-0.2, 0) is 35.9 Å². The smallest absolute Gasteiger partial charge is 0.316 e. The Kier molecular flexibility index (Phi) is 8.38. The fraction of sp³-hybridized carbons (Fsp3) is 0.720. The summed E-state index contributed by atoms with van der Waals surface area (Å²) in [5.74, 6) is 0. The number of rotatable bonds is 5. The normalized spacial score (nSPS) is 24.3. The summed E-state index contributed by atoms with van der Waals surface area (Å²) in [6.07, 6.45) is 8.22. The topological polar surface area (TPSA) is 97.0 Å². The zero-order chi connectivity index (χ0) is 25.2. The molecular formula is C25H42N6O3S. The summed E-state index contributed by atoms with van der Waals surface area (Å²) >= 11 is 0. The van der Waals surface area contributed by atoms with E-state index in [0.717, 1.165) is 63.2 Å². The molecule has 1 aromatic carbocycles. The molecule has 0 bridgehead atoms. The van der Waals surface area contributed by atoms with Gasteiger partial charge in [-0.05, 0) is 108 Å². The number of carbonyl (C=O) groups excluding carboxylic acids is 1. The third-order valence-corrected chi connectivity index (χ3v) is 9.49. The van der Waals surface area contributed by atoms with Crippen molar-refractivity contribution in [2.45, 2.75) is 63.5 Å². The van der Waals surface area contributed by atoms with Crippen molar-refractivity contribution in [3.8, 4) is 0 Å². The van der Waals surface area contributed by atoms with Gasteiger partial charge in [0.05, 0.1) is 0 Å². The predicted molar refractivity (Wildman–Crippen MR) is 140 cm³/mol. The van der Waals surface area contributed by atoms with Gasteiger partial charge in [-0.3, -0.25) is 0 Å². The summed E-state index contributed by atoms with van der Waals surface area (Å²) < 4.78 is 28.8. The number of hydrogen-bond acceptors (Lipinski definition) is 6. The zero-order valence-electron chi connectivity index (χ0n) is 21.7. The van der Waals surface area contributed by atoms with Crippen LogP contribution in [0.3, 0.4) is 0 Å². The number of nitrogens with one attached hydrogen (secondary N) is 3. The van der Waals surface area contributed by atoms with Crippen LogP contribution in [-0.4, -0.2) is 95.0 Å². The molecule has 0 aromatic heterocycles. The van der Waals surface area contributed by atoms with Gasteiger partial charge in [-0.2, -0.15) is 12.7 Å². The average molecular weight is 507 g/mol. The van der Waals surface area contributed by atoms with Crippen LogP contribution in [0.5, 0.6) is 0 Å². The van der Waals surface area contributed by atoms with Crippen molar-refractivity contribution in [1.29, 1.82) is 0 Å². The van der Waals surface area contributed by atoms with E-state index >= 15 is 0 Å². The Morgan fingerprint density at radius 3 is 2.06 bits per heavy atom. The molecule has 0 saturated carbocycles. The summed E-state index contributed by atoms with van der Waals surface area (Å²) in [6.45, 7) is 4.01. The first-order valence-electron chi connectivity index (χ1n) is 13.0. The Bertz CT molecular complexity index is 998. The van der Waals surface area contributed by atoms with Crippen molar-refractivity contribution in [2.75, 3.05) is 59.7 Å². The van der Waals surface area contributed by atoms with Gasteiger partial charge in [0.25, 0.3) is 0 Å². The molecule has 4 aliphatic rings. The van der Waals surface area contributed by atoms with Gasteiger partial charge in [-0.25, -0.2) is 9.52 Å². The average Bonchev–Trinajstić information content (AvgIpc) is 3.60. The van der Waals surface area contributed by atoms with Crippen LogP contribution in [0.1, 0.15) is 47.9 Å². The Morgan fingerprint density at radius 1 is 0.971 bits per heavy atom. The highest BCUT2D eigenvalue weighted by molar-refractivity contribution is 7.87. The van der Waals surface area contributed by atoms with Crippen LogP contribution in [0.25, 0.3) is 0 Å². The molecule has 2 amide bonds. The number of benzene rings is 1. The fourth-order valence-electron chi connectivity index (χ4n) is 5.87. The van der Waals surface area contributed by atoms with Crippen LogP contribution >= 0.6 is 0 Å². The van der Waals surface area contributed by atoms with Crippen LogP contribution in [0.2, 0.25) is 0 Å².